The molecule has 0 atom stereocenters. The van der Waals surface area contributed by atoms with E-state index in [2.05, 4.69) is 15.0 Å². The molecule has 0 aliphatic carbocycles. The topological polar surface area (TPSA) is 68.9 Å². The quantitative estimate of drug-likeness (QED) is 0.670. The van der Waals surface area contributed by atoms with Crippen LogP contribution in [-0.2, 0) is 6.42 Å². The Morgan fingerprint density at radius 1 is 1.26 bits per heavy atom. The summed E-state index contributed by atoms with van der Waals surface area (Å²) in [6.45, 7) is 1.78. The lowest BCUT2D eigenvalue weighted by molar-refractivity contribution is 0.0991. The highest BCUT2D eigenvalue weighted by Crippen LogP contribution is 2.17. The maximum absolute atomic E-state index is 12.1. The molecule has 3 aromatic rings. The predicted molar refractivity (Wildman–Crippen MR) is 68.8 cm³/mol. The Hall–Kier alpha value is -2.56. The van der Waals surface area contributed by atoms with Gasteiger partial charge in [-0.3, -0.25) is 4.79 Å². The molecule has 3 rings (SSSR count). The zero-order valence-electron chi connectivity index (χ0n) is 10.3. The zero-order valence-corrected chi connectivity index (χ0v) is 10.3. The fourth-order valence-electron chi connectivity index (χ4n) is 1.88. The second-order valence-corrected chi connectivity index (χ2v) is 4.18. The Kier molecular flexibility index (Phi) is 2.79. The number of hydrogen-bond acceptors (Lipinski definition) is 5. The summed E-state index contributed by atoms with van der Waals surface area (Å²) in [6, 6.07) is 6.96. The van der Waals surface area contributed by atoms with Crippen LogP contribution in [0.25, 0.3) is 11.1 Å². The van der Waals surface area contributed by atoms with Crippen LogP contribution in [0, 0.1) is 6.92 Å². The molecule has 5 heteroatoms. The van der Waals surface area contributed by atoms with Crippen LogP contribution in [0.15, 0.2) is 41.1 Å². The standard InChI is InChI=1S/C14H11N3O2/c1-9-17-11-4-3-10(7-13(11)19-9)12(18)8-14-15-5-2-6-16-14/h2-7H,8H2,1H3. The van der Waals surface area contributed by atoms with Crippen molar-refractivity contribution in [3.8, 4) is 0 Å². The van der Waals surface area contributed by atoms with Crippen LogP contribution in [0.2, 0.25) is 0 Å². The molecule has 0 radical (unpaired) electrons. The normalized spacial score (nSPS) is 10.8. The number of ketones is 1. The maximum Gasteiger partial charge on any atom is 0.192 e. The third-order valence-corrected chi connectivity index (χ3v) is 2.76. The van der Waals surface area contributed by atoms with Crippen LogP contribution in [0.4, 0.5) is 0 Å². The number of carbonyl (C=O) groups excluding carboxylic acids is 1. The summed E-state index contributed by atoms with van der Waals surface area (Å²) in [5, 5.41) is 0. The first-order valence-electron chi connectivity index (χ1n) is 5.89. The van der Waals surface area contributed by atoms with E-state index in [4.69, 9.17) is 4.42 Å². The zero-order chi connectivity index (χ0) is 13.2. The van der Waals surface area contributed by atoms with Gasteiger partial charge in [-0.05, 0) is 24.3 Å². The van der Waals surface area contributed by atoms with Crippen LogP contribution >= 0.6 is 0 Å². The summed E-state index contributed by atoms with van der Waals surface area (Å²) in [7, 11) is 0. The maximum atomic E-state index is 12.1. The number of nitrogens with zero attached hydrogens (tertiary/aromatic N) is 3. The molecule has 19 heavy (non-hydrogen) atoms. The first-order chi connectivity index (χ1) is 9.22. The van der Waals surface area contributed by atoms with Gasteiger partial charge in [-0.25, -0.2) is 15.0 Å². The largest absolute Gasteiger partial charge is 0.441 e. The van der Waals surface area contributed by atoms with Crippen molar-refractivity contribution >= 4 is 16.9 Å². The van der Waals surface area contributed by atoms with Gasteiger partial charge in [-0.2, -0.15) is 0 Å². The van der Waals surface area contributed by atoms with E-state index < -0.39 is 0 Å². The van der Waals surface area contributed by atoms with E-state index in [9.17, 15) is 4.79 Å². The van der Waals surface area contributed by atoms with E-state index in [-0.39, 0.29) is 12.2 Å². The molecule has 2 aromatic heterocycles. The molecule has 0 unspecified atom stereocenters. The van der Waals surface area contributed by atoms with Gasteiger partial charge in [0, 0.05) is 24.9 Å². The van der Waals surface area contributed by atoms with Gasteiger partial charge in [0.15, 0.2) is 17.3 Å². The molecule has 94 valence electrons. The predicted octanol–water partition coefficient (Wildman–Crippen LogP) is 2.35. The summed E-state index contributed by atoms with van der Waals surface area (Å²) in [6.07, 6.45) is 3.43. The Bertz CT molecular complexity index is 735. The van der Waals surface area contributed by atoms with E-state index >= 15 is 0 Å². The molecule has 0 bridgehead atoms. The minimum atomic E-state index is -0.0397. The summed E-state index contributed by atoms with van der Waals surface area (Å²) in [5.74, 6) is 1.06. The Labute approximate surface area is 109 Å². The number of carbonyl (C=O) groups is 1. The van der Waals surface area contributed by atoms with Gasteiger partial charge in [-0.15, -0.1) is 0 Å². The molecular formula is C14H11N3O2. The molecule has 0 aliphatic rings. The summed E-state index contributed by atoms with van der Waals surface area (Å²) in [4.78, 5) is 24.4. The van der Waals surface area contributed by atoms with Crippen molar-refractivity contribution < 1.29 is 9.21 Å². The number of fused-ring (bicyclic) bond motifs is 1. The molecular weight excluding hydrogens is 242 g/mol. The second-order valence-electron chi connectivity index (χ2n) is 4.18. The lowest BCUT2D eigenvalue weighted by atomic mass is 10.1. The molecule has 0 fully saturated rings. The first-order valence-corrected chi connectivity index (χ1v) is 5.89. The van der Waals surface area contributed by atoms with Crippen LogP contribution in [-0.4, -0.2) is 20.7 Å². The average molecular weight is 253 g/mol. The van der Waals surface area contributed by atoms with Gasteiger partial charge in [0.25, 0.3) is 0 Å². The molecule has 0 saturated carbocycles. The smallest absolute Gasteiger partial charge is 0.192 e. The molecule has 0 amide bonds. The van der Waals surface area contributed by atoms with Gasteiger partial charge in [-0.1, -0.05) is 0 Å². The van der Waals surface area contributed by atoms with Crippen molar-refractivity contribution in [2.45, 2.75) is 13.3 Å². The monoisotopic (exact) mass is 253 g/mol. The fraction of sp³-hybridized carbons (Fsp3) is 0.143. The summed E-state index contributed by atoms with van der Waals surface area (Å²) in [5.41, 5.74) is 1.96. The minimum absolute atomic E-state index is 0.0397. The highest BCUT2D eigenvalue weighted by atomic mass is 16.3. The summed E-state index contributed by atoms with van der Waals surface area (Å²) >= 11 is 0. The van der Waals surface area contributed by atoms with E-state index in [0.29, 0.717) is 22.9 Å². The van der Waals surface area contributed by atoms with Crippen molar-refractivity contribution in [3.05, 3.63) is 53.9 Å². The van der Waals surface area contributed by atoms with Crippen molar-refractivity contribution in [3.63, 3.8) is 0 Å². The highest BCUT2D eigenvalue weighted by Gasteiger charge is 2.11. The van der Waals surface area contributed by atoms with Gasteiger partial charge >= 0.3 is 0 Å². The number of aryl methyl sites for hydroxylation is 1. The number of benzene rings is 1. The summed E-state index contributed by atoms with van der Waals surface area (Å²) < 4.78 is 5.41. The van der Waals surface area contributed by atoms with Gasteiger partial charge in [0.2, 0.25) is 0 Å². The third-order valence-electron chi connectivity index (χ3n) is 2.76. The van der Waals surface area contributed by atoms with Crippen molar-refractivity contribution in [2.24, 2.45) is 0 Å². The number of rotatable bonds is 3. The Morgan fingerprint density at radius 3 is 2.84 bits per heavy atom. The van der Waals surface area contributed by atoms with Crippen molar-refractivity contribution in [1.29, 1.82) is 0 Å². The highest BCUT2D eigenvalue weighted by molar-refractivity contribution is 5.99. The van der Waals surface area contributed by atoms with E-state index in [1.165, 1.54) is 0 Å². The molecule has 0 aliphatic heterocycles. The number of aromatic nitrogens is 3. The van der Waals surface area contributed by atoms with Crippen LogP contribution in [0.3, 0.4) is 0 Å². The molecule has 0 N–H and O–H groups in total. The van der Waals surface area contributed by atoms with Gasteiger partial charge < -0.3 is 4.42 Å². The Balaban J connectivity index is 1.89. The lowest BCUT2D eigenvalue weighted by Crippen LogP contribution is -2.06. The molecule has 2 heterocycles. The molecule has 1 aromatic carbocycles. The van der Waals surface area contributed by atoms with Crippen LogP contribution in [0.5, 0.6) is 0 Å². The van der Waals surface area contributed by atoms with Crippen molar-refractivity contribution in [2.75, 3.05) is 0 Å². The number of oxazole rings is 1. The first kappa shape index (κ1) is 11.5. The van der Waals surface area contributed by atoms with Gasteiger partial charge in [0.05, 0.1) is 6.42 Å². The third kappa shape index (κ3) is 2.35. The number of hydrogen-bond donors (Lipinski definition) is 0. The van der Waals surface area contributed by atoms with Crippen molar-refractivity contribution in [1.82, 2.24) is 15.0 Å². The van der Waals surface area contributed by atoms with E-state index in [0.717, 1.165) is 5.52 Å². The minimum Gasteiger partial charge on any atom is -0.441 e. The molecule has 0 saturated heterocycles. The van der Waals surface area contributed by atoms with E-state index in [1.807, 2.05) is 0 Å². The Morgan fingerprint density at radius 2 is 2.05 bits per heavy atom. The fourth-order valence-corrected chi connectivity index (χ4v) is 1.88. The second kappa shape index (κ2) is 4.61. The SMILES string of the molecule is Cc1nc2ccc(C(=O)Cc3ncccn3)cc2o1. The van der Waals surface area contributed by atoms with Crippen LogP contribution in [0.1, 0.15) is 22.1 Å². The average Bonchev–Trinajstić information content (AvgIpc) is 2.78. The lowest BCUT2D eigenvalue weighted by Gasteiger charge is -1.99. The molecule has 0 spiro atoms. The van der Waals surface area contributed by atoms with Crippen LogP contribution < -0.4 is 0 Å². The van der Waals surface area contributed by atoms with Gasteiger partial charge in [0.1, 0.15) is 11.3 Å². The number of Topliss-reactive ketones (excluding diaryl/α,β-unsaturated/α-hetero) is 1. The van der Waals surface area contributed by atoms with E-state index in [1.54, 1.807) is 43.6 Å². The molecule has 5 nitrogen and oxygen atoms in total.